The summed E-state index contributed by atoms with van der Waals surface area (Å²) in [6, 6.07) is 8.47. The standard InChI is InChI=1S/C40H60N2O4S2/c1-5-7-9-11-13-15-17-19-21-23-25-41-31-27-37(47-35(31)29-33(41)39(43)45-3)38-28-32-36(48-38)30-34(40(44)46-4)42(32)26-24-22-20-18-16-14-12-10-8-6-2/h27-30H,5-26H2,1-4H3. The van der Waals surface area contributed by atoms with Crippen molar-refractivity contribution in [3.63, 3.8) is 0 Å². The summed E-state index contributed by atoms with van der Waals surface area (Å²) in [4.78, 5) is 27.8. The lowest BCUT2D eigenvalue weighted by molar-refractivity contribution is 0.0580. The smallest absolute Gasteiger partial charge is 0.354 e. The van der Waals surface area contributed by atoms with Gasteiger partial charge in [-0.2, -0.15) is 0 Å². The van der Waals surface area contributed by atoms with Crippen LogP contribution in [0.2, 0.25) is 0 Å². The van der Waals surface area contributed by atoms with Gasteiger partial charge in [-0.05, 0) is 37.1 Å². The highest BCUT2D eigenvalue weighted by Gasteiger charge is 2.22. The number of carbonyl (C=O) groups is 2. The van der Waals surface area contributed by atoms with Crippen molar-refractivity contribution in [3.05, 3.63) is 35.7 Å². The Balaban J connectivity index is 1.40. The zero-order valence-electron chi connectivity index (χ0n) is 30.2. The molecular weight excluding hydrogens is 637 g/mol. The molecule has 0 spiro atoms. The molecule has 0 aliphatic heterocycles. The van der Waals surface area contributed by atoms with Crippen molar-refractivity contribution in [1.29, 1.82) is 0 Å². The number of fused-ring (bicyclic) bond motifs is 2. The van der Waals surface area contributed by atoms with E-state index >= 15 is 0 Å². The molecule has 0 unspecified atom stereocenters. The van der Waals surface area contributed by atoms with E-state index < -0.39 is 0 Å². The molecule has 0 atom stereocenters. The topological polar surface area (TPSA) is 62.5 Å². The van der Waals surface area contributed by atoms with Gasteiger partial charge < -0.3 is 18.6 Å². The van der Waals surface area contributed by atoms with E-state index in [9.17, 15) is 9.59 Å². The Bertz CT molecular complexity index is 1430. The second-order valence-corrected chi connectivity index (χ2v) is 15.6. The number of hydrogen-bond donors (Lipinski definition) is 0. The number of methoxy groups -OCH3 is 2. The minimum atomic E-state index is -0.273. The lowest BCUT2D eigenvalue weighted by Gasteiger charge is -2.09. The number of thiophene rings is 2. The van der Waals surface area contributed by atoms with Gasteiger partial charge in [-0.3, -0.25) is 0 Å². The number of nitrogens with zero attached hydrogens (tertiary/aromatic N) is 2. The SMILES string of the molecule is CCCCCCCCCCCCn1c(C(=O)OC)cc2sc(-c3cc4c(cc(C(=O)OC)n4CCCCCCCCCCCC)s3)cc21. The summed E-state index contributed by atoms with van der Waals surface area (Å²) in [5, 5.41) is 0. The maximum atomic E-state index is 12.7. The number of hydrogen-bond acceptors (Lipinski definition) is 6. The molecule has 266 valence electrons. The molecule has 0 bridgehead atoms. The van der Waals surface area contributed by atoms with Gasteiger partial charge in [0.25, 0.3) is 0 Å². The molecule has 0 aliphatic rings. The molecule has 4 rings (SSSR count). The third-order valence-electron chi connectivity index (χ3n) is 9.68. The van der Waals surface area contributed by atoms with E-state index in [1.807, 2.05) is 12.1 Å². The molecule has 4 aromatic heterocycles. The second kappa shape index (κ2) is 20.8. The summed E-state index contributed by atoms with van der Waals surface area (Å²) in [5.74, 6) is -0.546. The van der Waals surface area contributed by atoms with Gasteiger partial charge in [0.15, 0.2) is 0 Å². The Morgan fingerprint density at radius 1 is 0.500 bits per heavy atom. The van der Waals surface area contributed by atoms with E-state index in [0.717, 1.165) is 46.4 Å². The molecule has 4 aromatic rings. The first-order valence-corrected chi connectivity index (χ1v) is 20.6. The van der Waals surface area contributed by atoms with Crippen LogP contribution in [0.5, 0.6) is 0 Å². The van der Waals surface area contributed by atoms with Crippen molar-refractivity contribution in [2.24, 2.45) is 0 Å². The normalized spacial score (nSPS) is 11.7. The number of unbranched alkanes of at least 4 members (excludes halogenated alkanes) is 18. The molecule has 0 aromatic carbocycles. The first-order chi connectivity index (χ1) is 23.5. The van der Waals surface area contributed by atoms with Crippen LogP contribution in [0.15, 0.2) is 24.3 Å². The summed E-state index contributed by atoms with van der Waals surface area (Å²) in [6.07, 6.45) is 25.7. The maximum absolute atomic E-state index is 12.7. The van der Waals surface area contributed by atoms with Gasteiger partial charge in [-0.15, -0.1) is 22.7 Å². The average molecular weight is 697 g/mol. The zero-order chi connectivity index (χ0) is 34.1. The number of esters is 2. The minimum Gasteiger partial charge on any atom is -0.464 e. The van der Waals surface area contributed by atoms with Crippen molar-refractivity contribution in [2.75, 3.05) is 14.2 Å². The van der Waals surface area contributed by atoms with Crippen LogP contribution in [0, 0.1) is 0 Å². The van der Waals surface area contributed by atoms with E-state index in [-0.39, 0.29) is 11.9 Å². The van der Waals surface area contributed by atoms with Gasteiger partial charge in [0.2, 0.25) is 0 Å². The Morgan fingerprint density at radius 3 is 1.12 bits per heavy atom. The number of ether oxygens (including phenoxy) is 2. The molecule has 0 fully saturated rings. The van der Waals surface area contributed by atoms with Gasteiger partial charge in [0.05, 0.1) is 34.7 Å². The highest BCUT2D eigenvalue weighted by Crippen LogP contribution is 2.42. The molecule has 48 heavy (non-hydrogen) atoms. The van der Waals surface area contributed by atoms with E-state index in [1.54, 1.807) is 22.7 Å². The van der Waals surface area contributed by atoms with Crippen LogP contribution in [0.3, 0.4) is 0 Å². The number of aryl methyl sites for hydroxylation is 2. The first-order valence-electron chi connectivity index (χ1n) is 18.9. The summed E-state index contributed by atoms with van der Waals surface area (Å²) in [6.45, 7) is 6.17. The van der Waals surface area contributed by atoms with Crippen LogP contribution in [0.1, 0.15) is 163 Å². The van der Waals surface area contributed by atoms with E-state index in [1.165, 1.54) is 140 Å². The lowest BCUT2D eigenvalue weighted by Crippen LogP contribution is -2.10. The van der Waals surface area contributed by atoms with Gasteiger partial charge in [0.1, 0.15) is 11.4 Å². The van der Waals surface area contributed by atoms with Gasteiger partial charge in [0, 0.05) is 22.8 Å². The molecule has 8 heteroatoms. The molecule has 4 heterocycles. The fraction of sp³-hybridized carbons (Fsp3) is 0.650. The van der Waals surface area contributed by atoms with Crippen LogP contribution in [-0.2, 0) is 22.6 Å². The summed E-state index contributed by atoms with van der Waals surface area (Å²) >= 11 is 3.45. The lowest BCUT2D eigenvalue weighted by atomic mass is 10.1. The van der Waals surface area contributed by atoms with Crippen molar-refractivity contribution >= 4 is 55.0 Å². The Hall–Kier alpha value is -2.58. The number of aromatic nitrogens is 2. The minimum absolute atomic E-state index is 0.273. The molecule has 0 saturated carbocycles. The monoisotopic (exact) mass is 696 g/mol. The fourth-order valence-corrected chi connectivity index (χ4v) is 9.14. The molecular formula is C40H60N2O4S2. The van der Waals surface area contributed by atoms with E-state index in [4.69, 9.17) is 9.47 Å². The van der Waals surface area contributed by atoms with Crippen LogP contribution < -0.4 is 0 Å². The molecule has 6 nitrogen and oxygen atoms in total. The van der Waals surface area contributed by atoms with Crippen molar-refractivity contribution in [1.82, 2.24) is 9.13 Å². The van der Waals surface area contributed by atoms with E-state index in [0.29, 0.717) is 11.4 Å². The Kier molecular flexibility index (Phi) is 16.6. The van der Waals surface area contributed by atoms with Crippen LogP contribution >= 0.6 is 22.7 Å². The largest absolute Gasteiger partial charge is 0.464 e. The molecule has 0 aliphatic carbocycles. The zero-order valence-corrected chi connectivity index (χ0v) is 31.8. The van der Waals surface area contributed by atoms with Crippen molar-refractivity contribution < 1.29 is 19.1 Å². The molecule has 0 radical (unpaired) electrons. The Labute approximate surface area is 297 Å². The van der Waals surface area contributed by atoms with Crippen LogP contribution in [0.4, 0.5) is 0 Å². The quantitative estimate of drug-likeness (QED) is 0.0511. The van der Waals surface area contributed by atoms with Gasteiger partial charge in [-0.25, -0.2) is 9.59 Å². The highest BCUT2D eigenvalue weighted by atomic mass is 32.1. The van der Waals surface area contributed by atoms with Crippen molar-refractivity contribution in [3.8, 4) is 9.75 Å². The van der Waals surface area contributed by atoms with Crippen LogP contribution in [-0.4, -0.2) is 35.3 Å². The second-order valence-electron chi connectivity index (χ2n) is 13.4. The molecule has 0 amide bonds. The van der Waals surface area contributed by atoms with Gasteiger partial charge >= 0.3 is 11.9 Å². The predicted octanol–water partition coefficient (Wildman–Crippen LogP) is 12.8. The average Bonchev–Trinajstić information content (AvgIpc) is 3.86. The summed E-state index contributed by atoms with van der Waals surface area (Å²) in [5.41, 5.74) is 3.49. The highest BCUT2D eigenvalue weighted by molar-refractivity contribution is 7.28. The number of carbonyl (C=O) groups excluding carboxylic acids is 2. The van der Waals surface area contributed by atoms with Gasteiger partial charge in [-0.1, -0.05) is 129 Å². The fourth-order valence-electron chi connectivity index (χ4n) is 6.87. The summed E-state index contributed by atoms with van der Waals surface area (Å²) < 4.78 is 16.9. The first kappa shape index (κ1) is 38.2. The van der Waals surface area contributed by atoms with Crippen LogP contribution in [0.25, 0.3) is 30.2 Å². The van der Waals surface area contributed by atoms with E-state index in [2.05, 4.69) is 35.1 Å². The maximum Gasteiger partial charge on any atom is 0.354 e. The third kappa shape index (κ3) is 10.7. The Morgan fingerprint density at radius 2 is 0.812 bits per heavy atom. The number of rotatable bonds is 25. The molecule has 0 N–H and O–H groups in total. The van der Waals surface area contributed by atoms with Crippen molar-refractivity contribution in [2.45, 2.75) is 155 Å². The predicted molar refractivity (Wildman–Crippen MR) is 205 cm³/mol. The summed E-state index contributed by atoms with van der Waals surface area (Å²) in [7, 11) is 2.93. The third-order valence-corrected chi connectivity index (χ3v) is 12.0. The molecule has 0 saturated heterocycles.